The fourth-order valence-corrected chi connectivity index (χ4v) is 3.62. The second-order valence-electron chi connectivity index (χ2n) is 5.00. The molecule has 2 spiro atoms. The molecule has 2 atom stereocenters. The smallest absolute Gasteiger partial charge is 0.167 e. The number of carbonyl (C=O) groups is 1. The van der Waals surface area contributed by atoms with Gasteiger partial charge in [0, 0.05) is 19.6 Å². The third-order valence-electron chi connectivity index (χ3n) is 4.30. The Labute approximate surface area is 90.1 Å². The number of ether oxygens (including phenoxy) is 2. The van der Waals surface area contributed by atoms with Crippen LogP contribution in [0.5, 0.6) is 0 Å². The van der Waals surface area contributed by atoms with Gasteiger partial charge in [-0.25, -0.2) is 0 Å². The lowest BCUT2D eigenvalue weighted by molar-refractivity contribution is -0.191. The van der Waals surface area contributed by atoms with Crippen molar-refractivity contribution in [3.63, 3.8) is 0 Å². The van der Waals surface area contributed by atoms with E-state index in [1.54, 1.807) is 0 Å². The van der Waals surface area contributed by atoms with Crippen LogP contribution in [0.2, 0.25) is 0 Å². The molecule has 2 heterocycles. The largest absolute Gasteiger partial charge is 0.371 e. The summed E-state index contributed by atoms with van der Waals surface area (Å²) in [4.78, 5) is 12.2. The van der Waals surface area contributed by atoms with Crippen molar-refractivity contribution in [1.29, 1.82) is 0 Å². The zero-order valence-corrected chi connectivity index (χ0v) is 9.09. The van der Waals surface area contributed by atoms with E-state index < -0.39 is 5.60 Å². The molecule has 0 radical (unpaired) electrons. The van der Waals surface area contributed by atoms with Gasteiger partial charge in [-0.2, -0.15) is 0 Å². The Morgan fingerprint density at radius 3 is 2.33 bits per heavy atom. The molecule has 3 heteroatoms. The van der Waals surface area contributed by atoms with Crippen LogP contribution in [0.4, 0.5) is 0 Å². The third kappa shape index (κ3) is 1.16. The van der Waals surface area contributed by atoms with Gasteiger partial charge in [0.25, 0.3) is 0 Å². The van der Waals surface area contributed by atoms with Crippen LogP contribution < -0.4 is 0 Å². The van der Waals surface area contributed by atoms with Crippen LogP contribution in [0, 0.1) is 0 Å². The van der Waals surface area contributed by atoms with E-state index in [2.05, 4.69) is 0 Å². The number of hydrogen-bond acceptors (Lipinski definition) is 3. The Balaban J connectivity index is 2.00. The predicted octanol–water partition coefficient (Wildman–Crippen LogP) is 1.84. The highest BCUT2D eigenvalue weighted by molar-refractivity contribution is 5.90. The molecule has 0 aromatic rings. The van der Waals surface area contributed by atoms with Gasteiger partial charge in [0.2, 0.25) is 0 Å². The summed E-state index contributed by atoms with van der Waals surface area (Å²) < 4.78 is 11.8. The molecule has 3 rings (SSSR count). The summed E-state index contributed by atoms with van der Waals surface area (Å²) in [6.07, 6.45) is 6.66. The molecular weight excluding hydrogens is 192 g/mol. The number of ketones is 1. The summed E-state index contributed by atoms with van der Waals surface area (Å²) in [5, 5.41) is 0. The zero-order chi connectivity index (χ0) is 10.4. The van der Waals surface area contributed by atoms with Crippen molar-refractivity contribution in [3.05, 3.63) is 0 Å². The Morgan fingerprint density at radius 2 is 1.67 bits per heavy atom. The van der Waals surface area contributed by atoms with Crippen molar-refractivity contribution in [2.24, 2.45) is 0 Å². The molecule has 3 nitrogen and oxygen atoms in total. The second-order valence-corrected chi connectivity index (χ2v) is 5.00. The Kier molecular flexibility index (Phi) is 2.15. The van der Waals surface area contributed by atoms with Crippen molar-refractivity contribution in [2.75, 3.05) is 13.2 Å². The lowest BCUT2D eigenvalue weighted by atomic mass is 9.68. The first-order valence-electron chi connectivity index (χ1n) is 6.10. The quantitative estimate of drug-likeness (QED) is 0.612. The van der Waals surface area contributed by atoms with E-state index in [9.17, 15) is 4.79 Å². The second kappa shape index (κ2) is 3.29. The van der Waals surface area contributed by atoms with Gasteiger partial charge in [-0.15, -0.1) is 0 Å². The number of rotatable bonds is 0. The minimum Gasteiger partial charge on any atom is -0.371 e. The third-order valence-corrected chi connectivity index (χ3v) is 4.30. The molecule has 2 saturated heterocycles. The molecule has 2 aliphatic heterocycles. The van der Waals surface area contributed by atoms with Crippen LogP contribution >= 0.6 is 0 Å². The molecule has 1 saturated carbocycles. The van der Waals surface area contributed by atoms with E-state index in [0.29, 0.717) is 12.2 Å². The van der Waals surface area contributed by atoms with Gasteiger partial charge >= 0.3 is 0 Å². The topological polar surface area (TPSA) is 35.5 Å². The summed E-state index contributed by atoms with van der Waals surface area (Å²) in [6.45, 7) is 1.54. The van der Waals surface area contributed by atoms with Crippen LogP contribution in [-0.4, -0.2) is 30.2 Å². The maximum atomic E-state index is 12.2. The fourth-order valence-electron chi connectivity index (χ4n) is 3.62. The van der Waals surface area contributed by atoms with E-state index >= 15 is 0 Å². The van der Waals surface area contributed by atoms with E-state index in [1.165, 1.54) is 0 Å². The molecule has 3 fully saturated rings. The molecule has 15 heavy (non-hydrogen) atoms. The SMILES string of the molecule is O=C1CCC[C@@]2(CCCO2)[C@]12CCCO2. The molecule has 0 unspecified atom stereocenters. The molecule has 0 aromatic heterocycles. The molecule has 3 aliphatic rings. The standard InChI is InChI=1S/C12H18O3/c13-10-4-1-5-11(6-2-8-14-11)12(10)7-3-9-15-12/h1-9H2/t11-,12+/m1/s1. The molecular formula is C12H18O3. The molecule has 0 amide bonds. The van der Waals surface area contributed by atoms with Gasteiger partial charge in [-0.1, -0.05) is 0 Å². The van der Waals surface area contributed by atoms with E-state index in [0.717, 1.165) is 51.7 Å². The Morgan fingerprint density at radius 1 is 0.933 bits per heavy atom. The average molecular weight is 210 g/mol. The highest BCUT2D eigenvalue weighted by atomic mass is 16.6. The summed E-state index contributed by atoms with van der Waals surface area (Å²) in [6, 6.07) is 0. The van der Waals surface area contributed by atoms with Crippen molar-refractivity contribution in [2.45, 2.75) is 56.1 Å². The first kappa shape index (κ1) is 9.79. The monoisotopic (exact) mass is 210 g/mol. The highest BCUT2D eigenvalue weighted by Crippen LogP contribution is 2.50. The van der Waals surface area contributed by atoms with E-state index in [-0.39, 0.29) is 5.60 Å². The number of Topliss-reactive ketones (excluding diaryl/α,β-unsaturated/α-hetero) is 1. The maximum absolute atomic E-state index is 12.2. The lowest BCUT2D eigenvalue weighted by Crippen LogP contribution is -2.61. The predicted molar refractivity (Wildman–Crippen MR) is 54.7 cm³/mol. The normalized spacial score (nSPS) is 45.7. The van der Waals surface area contributed by atoms with Crippen LogP contribution in [0.25, 0.3) is 0 Å². The van der Waals surface area contributed by atoms with Crippen molar-refractivity contribution in [3.8, 4) is 0 Å². The highest BCUT2D eigenvalue weighted by Gasteiger charge is 2.62. The number of hydrogen-bond donors (Lipinski definition) is 0. The van der Waals surface area contributed by atoms with Crippen LogP contribution in [0.1, 0.15) is 44.9 Å². The summed E-state index contributed by atoms with van der Waals surface area (Å²) in [5.74, 6) is 0.299. The van der Waals surface area contributed by atoms with Gasteiger partial charge in [-0.3, -0.25) is 4.79 Å². The minimum absolute atomic E-state index is 0.251. The first-order valence-corrected chi connectivity index (χ1v) is 6.10. The summed E-state index contributed by atoms with van der Waals surface area (Å²) >= 11 is 0. The van der Waals surface area contributed by atoms with Crippen molar-refractivity contribution in [1.82, 2.24) is 0 Å². The molecule has 0 aromatic carbocycles. The lowest BCUT2D eigenvalue weighted by Gasteiger charge is -2.46. The van der Waals surface area contributed by atoms with Gasteiger partial charge in [-0.05, 0) is 38.5 Å². The molecule has 0 N–H and O–H groups in total. The van der Waals surface area contributed by atoms with Gasteiger partial charge in [0.15, 0.2) is 11.4 Å². The Hall–Kier alpha value is -0.410. The first-order chi connectivity index (χ1) is 7.29. The average Bonchev–Trinajstić information content (AvgIpc) is 2.84. The summed E-state index contributed by atoms with van der Waals surface area (Å²) in [7, 11) is 0. The Bertz CT molecular complexity index is 273. The van der Waals surface area contributed by atoms with Gasteiger partial charge in [0.05, 0.1) is 0 Å². The van der Waals surface area contributed by atoms with Crippen molar-refractivity contribution < 1.29 is 14.3 Å². The van der Waals surface area contributed by atoms with Crippen LogP contribution in [-0.2, 0) is 14.3 Å². The molecule has 1 aliphatic carbocycles. The van der Waals surface area contributed by atoms with E-state index in [1.807, 2.05) is 0 Å². The summed E-state index contributed by atoms with van der Waals surface area (Å²) in [5.41, 5.74) is -0.805. The van der Waals surface area contributed by atoms with E-state index in [4.69, 9.17) is 9.47 Å². The molecule has 0 bridgehead atoms. The minimum atomic E-state index is -0.554. The number of carbonyl (C=O) groups excluding carboxylic acids is 1. The maximum Gasteiger partial charge on any atom is 0.167 e. The van der Waals surface area contributed by atoms with Crippen LogP contribution in [0.15, 0.2) is 0 Å². The van der Waals surface area contributed by atoms with Crippen LogP contribution in [0.3, 0.4) is 0 Å². The van der Waals surface area contributed by atoms with Gasteiger partial charge in [0.1, 0.15) is 5.60 Å². The van der Waals surface area contributed by atoms with Crippen molar-refractivity contribution >= 4 is 5.78 Å². The molecule has 84 valence electrons. The zero-order valence-electron chi connectivity index (χ0n) is 9.09. The number of fused-ring (bicyclic) bond motifs is 1. The van der Waals surface area contributed by atoms with Gasteiger partial charge < -0.3 is 9.47 Å². The fraction of sp³-hybridized carbons (Fsp3) is 0.917.